The minimum Gasteiger partial charge on any atom is -0.496 e. The highest BCUT2D eigenvalue weighted by Crippen LogP contribution is 2.18. The molecule has 0 bridgehead atoms. The van der Waals surface area contributed by atoms with Crippen LogP contribution in [0.4, 0.5) is 11.8 Å². The van der Waals surface area contributed by atoms with Gasteiger partial charge in [-0.3, -0.25) is 0 Å². The number of aromatic nitrogens is 3. The number of rotatable bonds is 8. The van der Waals surface area contributed by atoms with Crippen LogP contribution in [0.1, 0.15) is 11.1 Å². The Bertz CT molecular complexity index is 859. The van der Waals surface area contributed by atoms with E-state index >= 15 is 0 Å². The number of methoxy groups -OCH3 is 1. The number of ether oxygens (including phenoxy) is 1. The summed E-state index contributed by atoms with van der Waals surface area (Å²) in [6.07, 6.45) is 2.38. The summed E-state index contributed by atoms with van der Waals surface area (Å²) in [6.45, 7) is 1.25. The fraction of sp³-hybridized carbons (Fsp3) is 0.211. The Hall–Kier alpha value is -2.86. The lowest BCUT2D eigenvalue weighted by atomic mass is 10.1. The third-order valence-electron chi connectivity index (χ3n) is 3.85. The molecule has 2 N–H and O–H groups in total. The van der Waals surface area contributed by atoms with Gasteiger partial charge in [-0.1, -0.05) is 48.0 Å². The van der Waals surface area contributed by atoms with Gasteiger partial charge in [0.2, 0.25) is 5.95 Å². The van der Waals surface area contributed by atoms with Gasteiger partial charge in [0.15, 0.2) is 5.82 Å². The van der Waals surface area contributed by atoms with Crippen molar-refractivity contribution in [1.82, 2.24) is 15.2 Å². The smallest absolute Gasteiger partial charge is 0.244 e. The summed E-state index contributed by atoms with van der Waals surface area (Å²) >= 11 is 6.16. The normalized spacial score (nSPS) is 10.4. The molecular weight excluding hydrogens is 350 g/mol. The summed E-state index contributed by atoms with van der Waals surface area (Å²) in [4.78, 5) is 4.42. The first kappa shape index (κ1) is 17.9. The molecule has 0 aliphatic carbocycles. The van der Waals surface area contributed by atoms with E-state index in [-0.39, 0.29) is 0 Å². The Kier molecular flexibility index (Phi) is 6.22. The third-order valence-corrected chi connectivity index (χ3v) is 4.22. The quantitative estimate of drug-likeness (QED) is 0.629. The van der Waals surface area contributed by atoms with Gasteiger partial charge in [0.05, 0.1) is 13.3 Å². The lowest BCUT2D eigenvalue weighted by molar-refractivity contribution is 0.410. The van der Waals surface area contributed by atoms with Gasteiger partial charge >= 0.3 is 0 Å². The maximum Gasteiger partial charge on any atom is 0.244 e. The summed E-state index contributed by atoms with van der Waals surface area (Å²) in [5.41, 5.74) is 2.13. The van der Waals surface area contributed by atoms with Gasteiger partial charge in [0, 0.05) is 18.1 Å². The number of nitrogens with one attached hydrogen (secondary N) is 2. The van der Waals surface area contributed by atoms with E-state index < -0.39 is 0 Å². The van der Waals surface area contributed by atoms with Crippen LogP contribution in [0.25, 0.3) is 0 Å². The van der Waals surface area contributed by atoms with E-state index in [4.69, 9.17) is 16.3 Å². The highest BCUT2D eigenvalue weighted by atomic mass is 35.5. The topological polar surface area (TPSA) is 72.0 Å². The molecule has 1 heterocycles. The Morgan fingerprint density at radius 3 is 2.58 bits per heavy atom. The molecule has 134 valence electrons. The Balaban J connectivity index is 1.55. The zero-order chi connectivity index (χ0) is 18.2. The highest BCUT2D eigenvalue weighted by molar-refractivity contribution is 6.31. The zero-order valence-electron chi connectivity index (χ0n) is 14.4. The SMILES string of the molecule is COc1ccccc1CCNc1nncc(NCc2ccccc2Cl)n1. The molecule has 0 spiro atoms. The van der Waals surface area contributed by atoms with Gasteiger partial charge < -0.3 is 15.4 Å². The molecule has 1 aromatic heterocycles. The largest absolute Gasteiger partial charge is 0.496 e. The summed E-state index contributed by atoms with van der Waals surface area (Å²) in [7, 11) is 1.67. The van der Waals surface area contributed by atoms with Crippen LogP contribution in [0.15, 0.2) is 54.7 Å². The van der Waals surface area contributed by atoms with Crippen LogP contribution in [-0.2, 0) is 13.0 Å². The zero-order valence-corrected chi connectivity index (χ0v) is 15.2. The number of halogens is 1. The van der Waals surface area contributed by atoms with Crippen molar-refractivity contribution in [2.24, 2.45) is 0 Å². The van der Waals surface area contributed by atoms with Gasteiger partial charge in [-0.15, -0.1) is 5.10 Å². The van der Waals surface area contributed by atoms with Gasteiger partial charge in [0.1, 0.15) is 5.75 Å². The molecule has 2 aromatic carbocycles. The third kappa shape index (κ3) is 4.83. The van der Waals surface area contributed by atoms with Crippen molar-refractivity contribution in [2.45, 2.75) is 13.0 Å². The second-order valence-electron chi connectivity index (χ2n) is 5.60. The van der Waals surface area contributed by atoms with Crippen molar-refractivity contribution < 1.29 is 4.74 Å². The van der Waals surface area contributed by atoms with Crippen molar-refractivity contribution in [3.63, 3.8) is 0 Å². The molecule has 0 saturated carbocycles. The van der Waals surface area contributed by atoms with Crippen molar-refractivity contribution in [2.75, 3.05) is 24.3 Å². The predicted molar refractivity (Wildman–Crippen MR) is 104 cm³/mol. The minimum absolute atomic E-state index is 0.476. The number of para-hydroxylation sites is 1. The fourth-order valence-corrected chi connectivity index (χ4v) is 2.71. The van der Waals surface area contributed by atoms with Crippen molar-refractivity contribution in [1.29, 1.82) is 0 Å². The molecule has 0 atom stereocenters. The summed E-state index contributed by atoms with van der Waals surface area (Å²) in [5, 5.41) is 15.1. The lowest BCUT2D eigenvalue weighted by Gasteiger charge is -2.10. The second-order valence-corrected chi connectivity index (χ2v) is 6.01. The van der Waals surface area contributed by atoms with E-state index in [1.807, 2.05) is 48.5 Å². The number of benzene rings is 2. The van der Waals surface area contributed by atoms with Crippen molar-refractivity contribution in [3.05, 3.63) is 70.9 Å². The van der Waals surface area contributed by atoms with E-state index in [1.54, 1.807) is 13.3 Å². The Labute approximate surface area is 157 Å². The Morgan fingerprint density at radius 1 is 1.00 bits per heavy atom. The van der Waals surface area contributed by atoms with Gasteiger partial charge in [-0.2, -0.15) is 10.1 Å². The number of anilines is 2. The van der Waals surface area contributed by atoms with Gasteiger partial charge in [-0.25, -0.2) is 0 Å². The molecule has 0 aliphatic rings. The average Bonchev–Trinajstić information content (AvgIpc) is 2.68. The lowest BCUT2D eigenvalue weighted by Crippen LogP contribution is -2.11. The molecule has 0 radical (unpaired) electrons. The molecule has 26 heavy (non-hydrogen) atoms. The van der Waals surface area contributed by atoms with Crippen LogP contribution in [0.5, 0.6) is 5.75 Å². The second kappa shape index (κ2) is 9.01. The summed E-state index contributed by atoms with van der Waals surface area (Å²) < 4.78 is 5.36. The van der Waals surface area contributed by atoms with Crippen LogP contribution < -0.4 is 15.4 Å². The van der Waals surface area contributed by atoms with E-state index in [0.29, 0.717) is 24.9 Å². The van der Waals surface area contributed by atoms with Crippen molar-refractivity contribution in [3.8, 4) is 5.75 Å². The van der Waals surface area contributed by atoms with Crippen LogP contribution in [0.2, 0.25) is 5.02 Å². The van der Waals surface area contributed by atoms with E-state index in [1.165, 1.54) is 0 Å². The first-order chi connectivity index (χ1) is 12.8. The fourth-order valence-electron chi connectivity index (χ4n) is 2.51. The Morgan fingerprint density at radius 2 is 1.77 bits per heavy atom. The first-order valence-electron chi connectivity index (χ1n) is 8.29. The van der Waals surface area contributed by atoms with Gasteiger partial charge in [0.25, 0.3) is 0 Å². The molecular formula is C19H20ClN5O. The molecule has 0 amide bonds. The van der Waals surface area contributed by atoms with E-state index in [2.05, 4.69) is 25.8 Å². The summed E-state index contributed by atoms with van der Waals surface area (Å²) in [5.74, 6) is 1.99. The molecule has 0 aliphatic heterocycles. The van der Waals surface area contributed by atoms with Crippen LogP contribution in [0, 0.1) is 0 Å². The predicted octanol–water partition coefficient (Wildman–Crippen LogP) is 3.80. The molecule has 6 nitrogen and oxygen atoms in total. The van der Waals surface area contributed by atoms with E-state index in [0.717, 1.165) is 28.3 Å². The van der Waals surface area contributed by atoms with Crippen LogP contribution in [-0.4, -0.2) is 28.8 Å². The first-order valence-corrected chi connectivity index (χ1v) is 8.67. The molecule has 0 unspecified atom stereocenters. The number of hydrogen-bond acceptors (Lipinski definition) is 6. The molecule has 3 aromatic rings. The van der Waals surface area contributed by atoms with Crippen molar-refractivity contribution >= 4 is 23.4 Å². The maximum absolute atomic E-state index is 6.16. The van der Waals surface area contributed by atoms with Crippen LogP contribution in [0.3, 0.4) is 0 Å². The minimum atomic E-state index is 0.476. The number of hydrogen-bond donors (Lipinski definition) is 2. The molecule has 7 heteroatoms. The standard InChI is InChI=1S/C19H20ClN5O/c1-26-17-9-5-3-6-14(17)10-11-21-19-24-18(13-23-25-19)22-12-15-7-2-4-8-16(15)20/h2-9,13H,10-12H2,1H3,(H2,21,22,24,25). The molecule has 3 rings (SSSR count). The number of nitrogens with zero attached hydrogens (tertiary/aromatic N) is 3. The van der Waals surface area contributed by atoms with E-state index in [9.17, 15) is 0 Å². The molecule has 0 fully saturated rings. The highest BCUT2D eigenvalue weighted by Gasteiger charge is 2.04. The summed E-state index contributed by atoms with van der Waals surface area (Å²) in [6, 6.07) is 15.6. The van der Waals surface area contributed by atoms with Gasteiger partial charge in [-0.05, 0) is 29.7 Å². The monoisotopic (exact) mass is 369 g/mol. The molecule has 0 saturated heterocycles. The average molecular weight is 370 g/mol. The van der Waals surface area contributed by atoms with Crippen LogP contribution >= 0.6 is 11.6 Å². The maximum atomic E-state index is 6.16.